The van der Waals surface area contributed by atoms with Crippen LogP contribution in [0.25, 0.3) is 166 Å². The molecular weight excluding hydrogens is 1000 g/mol. The van der Waals surface area contributed by atoms with Crippen LogP contribution in [0.3, 0.4) is 0 Å². The molecular formula is C74H44N6O2. The summed E-state index contributed by atoms with van der Waals surface area (Å²) in [5.41, 5.74) is 22.8. The molecule has 0 aliphatic carbocycles. The Bertz CT molecular complexity index is 5090. The summed E-state index contributed by atoms with van der Waals surface area (Å²) in [6, 6.07) is 80.1. The van der Waals surface area contributed by atoms with E-state index in [1.54, 1.807) is 6.20 Å². The minimum atomic E-state index is 0.848. The maximum atomic E-state index is 6.54. The summed E-state index contributed by atoms with van der Waals surface area (Å²) in [5, 5.41) is 8.99. The molecule has 9 aromatic carbocycles. The average molecular weight is 1050 g/mol. The number of aromatic nitrogens is 6. The van der Waals surface area contributed by atoms with Crippen molar-refractivity contribution in [2.24, 2.45) is 0 Å². The van der Waals surface area contributed by atoms with E-state index in [4.69, 9.17) is 8.83 Å². The molecule has 0 aliphatic heterocycles. The fourth-order valence-electron chi connectivity index (χ4n) is 12.5. The summed E-state index contributed by atoms with van der Waals surface area (Å²) >= 11 is 0. The highest BCUT2D eigenvalue weighted by Crippen LogP contribution is 2.42. The molecule has 17 aromatic rings. The molecule has 8 heterocycles. The fourth-order valence-corrected chi connectivity index (χ4v) is 12.5. The normalized spacial score (nSPS) is 11.9. The molecule has 8 heteroatoms. The predicted octanol–water partition coefficient (Wildman–Crippen LogP) is 19.3. The minimum absolute atomic E-state index is 0.848. The Balaban J connectivity index is 0.712. The zero-order valence-electron chi connectivity index (χ0n) is 43.9. The smallest absolute Gasteiger partial charge is 0.135 e. The van der Waals surface area contributed by atoms with Gasteiger partial charge in [-0.15, -0.1) is 0 Å². The van der Waals surface area contributed by atoms with Crippen molar-refractivity contribution in [3.05, 3.63) is 268 Å². The van der Waals surface area contributed by atoms with E-state index in [0.29, 0.717) is 0 Å². The van der Waals surface area contributed by atoms with E-state index in [9.17, 15) is 0 Å². The maximum Gasteiger partial charge on any atom is 0.135 e. The monoisotopic (exact) mass is 1050 g/mol. The summed E-state index contributed by atoms with van der Waals surface area (Å²) in [6.07, 6.45) is 13.1. The van der Waals surface area contributed by atoms with E-state index < -0.39 is 0 Å². The van der Waals surface area contributed by atoms with Crippen LogP contribution in [0, 0.1) is 0 Å². The van der Waals surface area contributed by atoms with E-state index in [1.165, 1.54) is 21.5 Å². The van der Waals surface area contributed by atoms with Crippen LogP contribution in [-0.4, -0.2) is 29.1 Å². The number of pyridine rings is 4. The number of nitrogens with zero attached hydrogens (tertiary/aromatic N) is 6. The lowest BCUT2D eigenvalue weighted by Gasteiger charge is -2.09. The minimum Gasteiger partial charge on any atom is -0.456 e. The number of hydrogen-bond acceptors (Lipinski definition) is 6. The highest BCUT2D eigenvalue weighted by molar-refractivity contribution is 6.14. The molecule has 0 spiro atoms. The standard InChI is InChI=1S/C74H44N6O2/c1-3-15-67-58(12-1)60-34-49(52-32-54(43-76-41-52)51-11-8-29-75-40-51)17-23-69(60)79(67)56-21-27-73-64(38-56)62-36-47(19-25-71(62)81-73)45-9-7-10-46(31-45)48-20-26-72-63(37-48)65-39-57(22-28-74(65)82-72)80-68-16-4-2-13-59(68)61-35-50(18-24-70(61)80)53-33-55(44-77-42-53)66-14-5-6-30-78-66/h1-44H. The zero-order valence-corrected chi connectivity index (χ0v) is 43.9. The molecule has 0 aliphatic rings. The second-order valence-corrected chi connectivity index (χ2v) is 21.1. The lowest BCUT2D eigenvalue weighted by Crippen LogP contribution is -1.93. The third kappa shape index (κ3) is 7.39. The number of para-hydroxylation sites is 2. The topological polar surface area (TPSA) is 87.7 Å². The van der Waals surface area contributed by atoms with Gasteiger partial charge in [0.25, 0.3) is 0 Å². The van der Waals surface area contributed by atoms with Crippen molar-refractivity contribution in [3.8, 4) is 78.3 Å². The van der Waals surface area contributed by atoms with Crippen LogP contribution in [0.1, 0.15) is 0 Å². The van der Waals surface area contributed by atoms with Crippen molar-refractivity contribution >= 4 is 87.5 Å². The molecule has 0 saturated heterocycles. The van der Waals surface area contributed by atoms with Gasteiger partial charge in [-0.1, -0.05) is 91.0 Å². The van der Waals surface area contributed by atoms with Gasteiger partial charge in [-0.05, 0) is 167 Å². The van der Waals surface area contributed by atoms with Gasteiger partial charge in [-0.3, -0.25) is 19.9 Å². The molecule has 0 unspecified atom stereocenters. The number of rotatable bonds is 8. The van der Waals surface area contributed by atoms with Gasteiger partial charge in [-0.25, -0.2) is 0 Å². The second kappa shape index (κ2) is 18.2. The fraction of sp³-hybridized carbons (Fsp3) is 0. The van der Waals surface area contributed by atoms with Crippen LogP contribution in [0.2, 0.25) is 0 Å². The lowest BCUT2D eigenvalue weighted by atomic mass is 9.97. The SMILES string of the molecule is c1ccc(-c2cncc(-c3ccc4c(c3)c3ccccc3n4-c3ccc4oc5ccc(-c6cccc(-c7ccc8oc9ccc(-n%10c%11ccccc%11c%11cc(-c%12cncc(-c%13cccnc%13)c%12)ccc%11%10)cc9c8c7)c6)cc5c4c3)c2)nc1. The predicted molar refractivity (Wildman–Crippen MR) is 333 cm³/mol. The maximum absolute atomic E-state index is 6.54. The molecule has 8 nitrogen and oxygen atoms in total. The average Bonchev–Trinajstić information content (AvgIpc) is 4.44. The molecule has 8 aromatic heterocycles. The number of hydrogen-bond donors (Lipinski definition) is 0. The van der Waals surface area contributed by atoms with E-state index in [0.717, 1.165) is 144 Å². The van der Waals surface area contributed by atoms with E-state index >= 15 is 0 Å². The first-order valence-corrected chi connectivity index (χ1v) is 27.4. The van der Waals surface area contributed by atoms with Gasteiger partial charge in [0.05, 0.1) is 27.8 Å². The quantitative estimate of drug-likeness (QED) is 0.151. The molecule has 0 saturated carbocycles. The highest BCUT2D eigenvalue weighted by Gasteiger charge is 2.19. The number of furan rings is 2. The summed E-state index contributed by atoms with van der Waals surface area (Å²) in [7, 11) is 0. The van der Waals surface area contributed by atoms with Gasteiger partial charge in [0, 0.05) is 126 Å². The van der Waals surface area contributed by atoms with Crippen molar-refractivity contribution in [2.45, 2.75) is 0 Å². The molecule has 17 rings (SSSR count). The molecule has 82 heavy (non-hydrogen) atoms. The van der Waals surface area contributed by atoms with Crippen LogP contribution in [0.4, 0.5) is 0 Å². The summed E-state index contributed by atoms with van der Waals surface area (Å²) in [5.74, 6) is 0. The van der Waals surface area contributed by atoms with Gasteiger partial charge >= 0.3 is 0 Å². The van der Waals surface area contributed by atoms with E-state index in [1.807, 2.05) is 61.4 Å². The van der Waals surface area contributed by atoms with Crippen molar-refractivity contribution in [1.29, 1.82) is 0 Å². The van der Waals surface area contributed by atoms with Crippen molar-refractivity contribution in [2.75, 3.05) is 0 Å². The Kier molecular flexibility index (Phi) is 10.1. The van der Waals surface area contributed by atoms with Gasteiger partial charge in [0.1, 0.15) is 22.3 Å². The number of benzene rings is 9. The molecule has 382 valence electrons. The summed E-state index contributed by atoms with van der Waals surface area (Å²) < 4.78 is 17.8. The van der Waals surface area contributed by atoms with Gasteiger partial charge < -0.3 is 18.0 Å². The van der Waals surface area contributed by atoms with Crippen molar-refractivity contribution < 1.29 is 8.83 Å². The Morgan fingerprint density at radius 2 is 0.659 bits per heavy atom. The van der Waals surface area contributed by atoms with Crippen LogP contribution in [0.5, 0.6) is 0 Å². The summed E-state index contributed by atoms with van der Waals surface area (Å²) in [6.45, 7) is 0. The molecule has 0 N–H and O–H groups in total. The van der Waals surface area contributed by atoms with Crippen LogP contribution >= 0.6 is 0 Å². The first-order chi connectivity index (χ1) is 40.6. The Morgan fingerprint density at radius 3 is 1.21 bits per heavy atom. The third-order valence-corrected chi connectivity index (χ3v) is 16.4. The third-order valence-electron chi connectivity index (χ3n) is 16.4. The Labute approximate surface area is 469 Å². The Morgan fingerprint density at radius 1 is 0.244 bits per heavy atom. The molecule has 0 bridgehead atoms. The van der Waals surface area contributed by atoms with E-state index in [2.05, 4.69) is 229 Å². The zero-order chi connectivity index (χ0) is 53.8. The highest BCUT2D eigenvalue weighted by atomic mass is 16.3. The van der Waals surface area contributed by atoms with Gasteiger partial charge in [0.15, 0.2) is 0 Å². The summed E-state index contributed by atoms with van der Waals surface area (Å²) in [4.78, 5) is 18.2. The lowest BCUT2D eigenvalue weighted by molar-refractivity contribution is 0.668. The largest absolute Gasteiger partial charge is 0.456 e. The molecule has 0 amide bonds. The van der Waals surface area contributed by atoms with Crippen molar-refractivity contribution in [1.82, 2.24) is 29.1 Å². The first-order valence-electron chi connectivity index (χ1n) is 27.4. The van der Waals surface area contributed by atoms with Crippen LogP contribution in [0.15, 0.2) is 277 Å². The van der Waals surface area contributed by atoms with Gasteiger partial charge in [-0.2, -0.15) is 0 Å². The van der Waals surface area contributed by atoms with E-state index in [-0.39, 0.29) is 0 Å². The van der Waals surface area contributed by atoms with Crippen LogP contribution in [-0.2, 0) is 0 Å². The first kappa shape index (κ1) is 45.8. The Hall–Kier alpha value is -11.2. The van der Waals surface area contributed by atoms with Crippen molar-refractivity contribution in [3.63, 3.8) is 0 Å². The second-order valence-electron chi connectivity index (χ2n) is 21.1. The van der Waals surface area contributed by atoms with Crippen LogP contribution < -0.4 is 0 Å². The molecule has 0 atom stereocenters. The molecule has 0 fully saturated rings. The number of fused-ring (bicyclic) bond motifs is 12. The van der Waals surface area contributed by atoms with Gasteiger partial charge in [0.2, 0.25) is 0 Å². The molecule has 0 radical (unpaired) electrons.